The van der Waals surface area contributed by atoms with Gasteiger partial charge in [-0.15, -0.1) is 0 Å². The van der Waals surface area contributed by atoms with Gasteiger partial charge in [-0.3, -0.25) is 0 Å². The Morgan fingerprint density at radius 3 is 2.53 bits per heavy atom. The molecule has 0 bridgehead atoms. The Labute approximate surface area is 106 Å². The monoisotopic (exact) mass is 233 g/mol. The first-order valence-electron chi connectivity index (χ1n) is 7.86. The number of allylic oxidation sites excluding steroid dienone is 1. The Kier molecular flexibility index (Phi) is 3.85. The summed E-state index contributed by atoms with van der Waals surface area (Å²) in [4.78, 5) is 0. The van der Waals surface area contributed by atoms with E-state index in [1.54, 1.807) is 0 Å². The van der Waals surface area contributed by atoms with Crippen molar-refractivity contribution in [3.8, 4) is 0 Å². The quantitative estimate of drug-likeness (QED) is 0.707. The van der Waals surface area contributed by atoms with Crippen molar-refractivity contribution < 1.29 is 0 Å². The van der Waals surface area contributed by atoms with Gasteiger partial charge in [0.15, 0.2) is 0 Å². The third-order valence-electron chi connectivity index (χ3n) is 4.98. The van der Waals surface area contributed by atoms with E-state index >= 15 is 0 Å². The fourth-order valence-electron chi connectivity index (χ4n) is 3.74. The van der Waals surface area contributed by atoms with E-state index in [9.17, 15) is 0 Å². The summed E-state index contributed by atoms with van der Waals surface area (Å²) in [6, 6.07) is 0.878. The molecule has 0 saturated heterocycles. The van der Waals surface area contributed by atoms with E-state index in [-0.39, 0.29) is 0 Å². The van der Waals surface area contributed by atoms with Crippen molar-refractivity contribution in [3.05, 3.63) is 11.6 Å². The van der Waals surface area contributed by atoms with Crippen LogP contribution in [0.4, 0.5) is 0 Å². The van der Waals surface area contributed by atoms with Crippen LogP contribution in [0.3, 0.4) is 0 Å². The lowest BCUT2D eigenvalue weighted by Gasteiger charge is -2.29. The lowest BCUT2D eigenvalue weighted by molar-refractivity contribution is 0.352. The van der Waals surface area contributed by atoms with Gasteiger partial charge in [-0.05, 0) is 63.2 Å². The maximum Gasteiger partial charge on any atom is 0.00684 e. The highest BCUT2D eigenvalue weighted by Gasteiger charge is 2.30. The molecule has 1 nitrogen and oxygen atoms in total. The molecule has 0 aliphatic heterocycles. The van der Waals surface area contributed by atoms with Crippen LogP contribution < -0.4 is 5.32 Å². The minimum Gasteiger partial charge on any atom is -0.313 e. The maximum atomic E-state index is 3.79. The second kappa shape index (κ2) is 5.56. The van der Waals surface area contributed by atoms with Gasteiger partial charge in [0.25, 0.3) is 0 Å². The molecule has 96 valence electrons. The Bertz CT molecular complexity index is 271. The number of rotatable bonds is 5. The molecule has 0 radical (unpaired) electrons. The first-order chi connectivity index (χ1) is 8.43. The maximum absolute atomic E-state index is 3.79. The molecule has 0 aromatic heterocycles. The average molecular weight is 233 g/mol. The van der Waals surface area contributed by atoms with Crippen LogP contribution in [-0.4, -0.2) is 12.6 Å². The minimum atomic E-state index is 0.878. The first-order valence-corrected chi connectivity index (χ1v) is 7.86. The average Bonchev–Trinajstić information content (AvgIpc) is 3.04. The van der Waals surface area contributed by atoms with E-state index in [0.29, 0.717) is 0 Å². The minimum absolute atomic E-state index is 0.878. The number of hydrogen-bond donors (Lipinski definition) is 1. The molecule has 1 unspecified atom stereocenters. The van der Waals surface area contributed by atoms with E-state index in [0.717, 1.165) is 17.9 Å². The van der Waals surface area contributed by atoms with Gasteiger partial charge in [0.2, 0.25) is 0 Å². The second-order valence-corrected chi connectivity index (χ2v) is 6.36. The number of nitrogens with one attached hydrogen (secondary N) is 1. The van der Waals surface area contributed by atoms with Crippen molar-refractivity contribution in [1.82, 2.24) is 5.32 Å². The lowest BCUT2D eigenvalue weighted by Crippen LogP contribution is -2.30. The fourth-order valence-corrected chi connectivity index (χ4v) is 3.74. The van der Waals surface area contributed by atoms with Crippen LogP contribution in [0.2, 0.25) is 0 Å². The van der Waals surface area contributed by atoms with Crippen LogP contribution >= 0.6 is 0 Å². The topological polar surface area (TPSA) is 12.0 Å². The number of hydrogen-bond acceptors (Lipinski definition) is 1. The molecule has 2 fully saturated rings. The van der Waals surface area contributed by atoms with Gasteiger partial charge < -0.3 is 5.32 Å². The van der Waals surface area contributed by atoms with Crippen molar-refractivity contribution in [2.24, 2.45) is 11.8 Å². The molecule has 0 aromatic rings. The largest absolute Gasteiger partial charge is 0.313 e. The highest BCUT2D eigenvalue weighted by Crippen LogP contribution is 2.38. The Hall–Kier alpha value is -0.300. The predicted octanol–water partition coefficient (Wildman–Crippen LogP) is 4.05. The molecule has 0 heterocycles. The molecule has 17 heavy (non-hydrogen) atoms. The van der Waals surface area contributed by atoms with E-state index in [2.05, 4.69) is 11.4 Å². The van der Waals surface area contributed by atoms with Gasteiger partial charge in [0, 0.05) is 12.6 Å². The molecule has 0 aromatic carbocycles. The Morgan fingerprint density at radius 1 is 1.06 bits per heavy atom. The van der Waals surface area contributed by atoms with Crippen LogP contribution in [0.5, 0.6) is 0 Å². The zero-order valence-electron chi connectivity index (χ0n) is 11.1. The normalized spacial score (nSPS) is 28.1. The molecule has 1 atom stereocenters. The predicted molar refractivity (Wildman–Crippen MR) is 73.0 cm³/mol. The molecule has 2 saturated carbocycles. The van der Waals surface area contributed by atoms with Crippen molar-refractivity contribution in [1.29, 1.82) is 0 Å². The lowest BCUT2D eigenvalue weighted by atomic mass is 9.80. The van der Waals surface area contributed by atoms with Gasteiger partial charge in [0.1, 0.15) is 0 Å². The summed E-state index contributed by atoms with van der Waals surface area (Å²) in [7, 11) is 0. The smallest absolute Gasteiger partial charge is 0.00684 e. The van der Waals surface area contributed by atoms with Crippen LogP contribution in [0.25, 0.3) is 0 Å². The van der Waals surface area contributed by atoms with Crippen LogP contribution in [-0.2, 0) is 0 Å². The Morgan fingerprint density at radius 2 is 1.88 bits per heavy atom. The fraction of sp³-hybridized carbons (Fsp3) is 0.875. The highest BCUT2D eigenvalue weighted by atomic mass is 14.9. The van der Waals surface area contributed by atoms with Crippen molar-refractivity contribution in [2.75, 3.05) is 6.54 Å². The van der Waals surface area contributed by atoms with Gasteiger partial charge in [-0.25, -0.2) is 0 Å². The SMILES string of the molecule is C1=C(C(CNC2CC2)C2CCCC2)CCCC1. The molecule has 3 rings (SSSR count). The molecule has 0 spiro atoms. The van der Waals surface area contributed by atoms with Crippen LogP contribution in [0.1, 0.15) is 64.2 Å². The summed E-state index contributed by atoms with van der Waals surface area (Å²) in [5.74, 6) is 1.89. The molecular formula is C16H27N. The summed E-state index contributed by atoms with van der Waals surface area (Å²) in [5.41, 5.74) is 1.82. The Balaban J connectivity index is 1.62. The molecule has 3 aliphatic rings. The van der Waals surface area contributed by atoms with Gasteiger partial charge in [0.05, 0.1) is 0 Å². The van der Waals surface area contributed by atoms with E-state index in [4.69, 9.17) is 0 Å². The summed E-state index contributed by atoms with van der Waals surface area (Å²) in [5, 5.41) is 3.79. The summed E-state index contributed by atoms with van der Waals surface area (Å²) in [6.07, 6.45) is 17.0. The molecule has 1 N–H and O–H groups in total. The van der Waals surface area contributed by atoms with Crippen LogP contribution in [0.15, 0.2) is 11.6 Å². The van der Waals surface area contributed by atoms with Crippen molar-refractivity contribution in [2.45, 2.75) is 70.3 Å². The van der Waals surface area contributed by atoms with Crippen LogP contribution in [0, 0.1) is 11.8 Å². The van der Waals surface area contributed by atoms with Crippen molar-refractivity contribution >= 4 is 0 Å². The molecule has 1 heteroatoms. The molecule has 0 amide bonds. The van der Waals surface area contributed by atoms with Crippen molar-refractivity contribution in [3.63, 3.8) is 0 Å². The molecule has 3 aliphatic carbocycles. The standard InChI is InChI=1S/C16H27N/c1-2-6-13(7-3-1)16(12-17-15-10-11-15)14-8-4-5-9-14/h6,14-17H,1-5,7-12H2. The van der Waals surface area contributed by atoms with E-state index in [1.165, 1.54) is 70.8 Å². The van der Waals surface area contributed by atoms with E-state index in [1.807, 2.05) is 5.57 Å². The van der Waals surface area contributed by atoms with E-state index < -0.39 is 0 Å². The zero-order valence-corrected chi connectivity index (χ0v) is 11.1. The highest BCUT2D eigenvalue weighted by molar-refractivity contribution is 5.12. The summed E-state index contributed by atoms with van der Waals surface area (Å²) in [6.45, 7) is 1.28. The van der Waals surface area contributed by atoms with Gasteiger partial charge in [-0.2, -0.15) is 0 Å². The third-order valence-corrected chi connectivity index (χ3v) is 4.98. The third kappa shape index (κ3) is 3.13. The second-order valence-electron chi connectivity index (χ2n) is 6.36. The van der Waals surface area contributed by atoms with Gasteiger partial charge >= 0.3 is 0 Å². The first kappa shape index (κ1) is 11.8. The summed E-state index contributed by atoms with van der Waals surface area (Å²) >= 11 is 0. The summed E-state index contributed by atoms with van der Waals surface area (Å²) < 4.78 is 0. The van der Waals surface area contributed by atoms with Gasteiger partial charge in [-0.1, -0.05) is 24.5 Å². The zero-order chi connectivity index (χ0) is 11.5. The molecular weight excluding hydrogens is 206 g/mol.